The summed E-state index contributed by atoms with van der Waals surface area (Å²) in [5.74, 6) is 0.584. The molecule has 0 aliphatic carbocycles. The fourth-order valence-corrected chi connectivity index (χ4v) is 3.02. The van der Waals surface area contributed by atoms with Gasteiger partial charge in [0.15, 0.2) is 5.96 Å². The smallest absolute Gasteiger partial charge is 0.191 e. The first-order valence-corrected chi connectivity index (χ1v) is 9.13. The molecule has 1 atom stereocenters. The van der Waals surface area contributed by atoms with Gasteiger partial charge in [-0.15, -0.1) is 24.0 Å². The van der Waals surface area contributed by atoms with Crippen LogP contribution in [0.25, 0.3) is 0 Å². The maximum atomic E-state index is 13.7. The number of nitrogens with one attached hydrogen (secondary N) is 2. The van der Waals surface area contributed by atoms with Gasteiger partial charge in [0.05, 0.1) is 6.04 Å². The second-order valence-electron chi connectivity index (χ2n) is 6.87. The van der Waals surface area contributed by atoms with Gasteiger partial charge in [-0.05, 0) is 57.6 Å². The summed E-state index contributed by atoms with van der Waals surface area (Å²) >= 11 is 0. The van der Waals surface area contributed by atoms with Gasteiger partial charge in [0.1, 0.15) is 5.82 Å². The monoisotopic (exact) mass is 477 g/mol. The zero-order valence-corrected chi connectivity index (χ0v) is 18.7. The molecule has 1 heterocycles. The first-order chi connectivity index (χ1) is 12.0. The van der Waals surface area contributed by atoms with E-state index in [1.54, 1.807) is 20.0 Å². The first kappa shape index (κ1) is 23.1. The molecule has 1 aromatic rings. The lowest BCUT2D eigenvalue weighted by Crippen LogP contribution is -2.43. The molecule has 2 rings (SSSR count). The molecule has 1 fully saturated rings. The molecule has 5 nitrogen and oxygen atoms in total. The highest BCUT2D eigenvalue weighted by Gasteiger charge is 2.13. The molecule has 1 aromatic carbocycles. The largest absolute Gasteiger partial charge is 0.355 e. The molecule has 0 radical (unpaired) electrons. The van der Waals surface area contributed by atoms with Gasteiger partial charge >= 0.3 is 0 Å². The van der Waals surface area contributed by atoms with Gasteiger partial charge < -0.3 is 20.4 Å². The normalized spacial score (nSPS) is 18.0. The second-order valence-corrected chi connectivity index (χ2v) is 6.87. The van der Waals surface area contributed by atoms with Crippen molar-refractivity contribution in [2.24, 2.45) is 4.99 Å². The van der Waals surface area contributed by atoms with Crippen molar-refractivity contribution in [3.05, 3.63) is 35.1 Å². The highest BCUT2D eigenvalue weighted by atomic mass is 127. The third-order valence-electron chi connectivity index (χ3n) is 4.81. The predicted octanol–water partition coefficient (Wildman–Crippen LogP) is 2.62. The van der Waals surface area contributed by atoms with Crippen molar-refractivity contribution < 1.29 is 4.39 Å². The summed E-state index contributed by atoms with van der Waals surface area (Å²) < 4.78 is 13.7. The molecule has 2 N–H and O–H groups in total. The maximum absolute atomic E-state index is 13.7. The van der Waals surface area contributed by atoms with E-state index in [2.05, 4.69) is 32.5 Å². The zero-order valence-electron chi connectivity index (χ0n) is 16.4. The molecule has 26 heavy (non-hydrogen) atoms. The number of nitrogens with zero attached hydrogens (tertiary/aromatic N) is 3. The number of aryl methyl sites for hydroxylation is 1. The third-order valence-corrected chi connectivity index (χ3v) is 4.81. The van der Waals surface area contributed by atoms with E-state index in [4.69, 9.17) is 0 Å². The minimum atomic E-state index is -0.166. The molecule has 0 saturated carbocycles. The third kappa shape index (κ3) is 7.36. The fraction of sp³-hybridized carbons (Fsp3) is 0.632. The Hall–Kier alpha value is -0.930. The second kappa shape index (κ2) is 11.7. The Labute approximate surface area is 174 Å². The molecule has 7 heteroatoms. The number of likely N-dealkylation sites (N-methyl/N-ethyl adjacent to an activating group) is 1. The van der Waals surface area contributed by atoms with Gasteiger partial charge in [-0.2, -0.15) is 0 Å². The van der Waals surface area contributed by atoms with Crippen LogP contribution >= 0.6 is 24.0 Å². The van der Waals surface area contributed by atoms with Crippen molar-refractivity contribution in [2.45, 2.75) is 26.3 Å². The molecule has 148 valence electrons. The Morgan fingerprint density at radius 3 is 2.73 bits per heavy atom. The number of rotatable bonds is 5. The summed E-state index contributed by atoms with van der Waals surface area (Å²) in [6.07, 6.45) is 1.22. The van der Waals surface area contributed by atoms with Gasteiger partial charge in [0, 0.05) is 33.2 Å². The van der Waals surface area contributed by atoms with Gasteiger partial charge in [0.25, 0.3) is 0 Å². The Morgan fingerprint density at radius 2 is 2.04 bits per heavy atom. The van der Waals surface area contributed by atoms with Gasteiger partial charge in [-0.1, -0.05) is 12.1 Å². The van der Waals surface area contributed by atoms with Crippen molar-refractivity contribution in [1.29, 1.82) is 0 Å². The molecule has 0 amide bonds. The van der Waals surface area contributed by atoms with Crippen LogP contribution in [-0.4, -0.2) is 69.1 Å². The van der Waals surface area contributed by atoms with Gasteiger partial charge in [0.2, 0.25) is 0 Å². The number of aliphatic imine (C=N–C) groups is 1. The van der Waals surface area contributed by atoms with E-state index >= 15 is 0 Å². The van der Waals surface area contributed by atoms with Crippen LogP contribution in [0.4, 0.5) is 4.39 Å². The van der Waals surface area contributed by atoms with Crippen LogP contribution in [-0.2, 0) is 0 Å². The topological polar surface area (TPSA) is 42.9 Å². The first-order valence-electron chi connectivity index (χ1n) is 9.13. The molecule has 1 aliphatic rings. The molecule has 1 saturated heterocycles. The Balaban J connectivity index is 0.00000338. The van der Waals surface area contributed by atoms with Crippen molar-refractivity contribution in [1.82, 2.24) is 20.4 Å². The number of benzene rings is 1. The minimum absolute atomic E-state index is 0. The van der Waals surface area contributed by atoms with Crippen molar-refractivity contribution in [3.8, 4) is 0 Å². The number of hydrogen-bond acceptors (Lipinski definition) is 3. The maximum Gasteiger partial charge on any atom is 0.191 e. The predicted molar refractivity (Wildman–Crippen MR) is 118 cm³/mol. The van der Waals surface area contributed by atoms with Crippen LogP contribution < -0.4 is 10.6 Å². The van der Waals surface area contributed by atoms with Crippen molar-refractivity contribution in [3.63, 3.8) is 0 Å². The summed E-state index contributed by atoms with van der Waals surface area (Å²) in [7, 11) is 3.95. The van der Waals surface area contributed by atoms with Crippen molar-refractivity contribution >= 4 is 29.9 Å². The van der Waals surface area contributed by atoms with Crippen LogP contribution in [0.2, 0.25) is 0 Å². The van der Waals surface area contributed by atoms with E-state index in [9.17, 15) is 4.39 Å². The van der Waals surface area contributed by atoms with E-state index in [0.29, 0.717) is 5.56 Å². The average molecular weight is 477 g/mol. The standard InChI is InChI=1S/C19H32FN5.HI/c1-15-6-7-17(14-18(15)20)16(2)23-19(21-3)22-8-11-25-10-5-9-24(4)12-13-25;/h6-7,14,16H,5,8-13H2,1-4H3,(H2,21,22,23);1H. The summed E-state index contributed by atoms with van der Waals surface area (Å²) in [4.78, 5) is 9.15. The Bertz CT molecular complexity index is 581. The number of halogens is 2. The summed E-state index contributed by atoms with van der Waals surface area (Å²) in [5, 5.41) is 6.70. The number of hydrogen-bond donors (Lipinski definition) is 2. The minimum Gasteiger partial charge on any atom is -0.355 e. The molecule has 1 aliphatic heterocycles. The Morgan fingerprint density at radius 1 is 1.27 bits per heavy atom. The van der Waals surface area contributed by atoms with Gasteiger partial charge in [-0.25, -0.2) is 4.39 Å². The molecular weight excluding hydrogens is 444 g/mol. The fourth-order valence-electron chi connectivity index (χ4n) is 3.02. The van der Waals surface area contributed by atoms with Crippen molar-refractivity contribution in [2.75, 3.05) is 53.4 Å². The zero-order chi connectivity index (χ0) is 18.2. The van der Waals surface area contributed by atoms with E-state index in [-0.39, 0.29) is 35.8 Å². The van der Waals surface area contributed by atoms with E-state index in [0.717, 1.165) is 44.2 Å². The van der Waals surface area contributed by atoms with Gasteiger partial charge in [-0.3, -0.25) is 4.99 Å². The summed E-state index contributed by atoms with van der Waals surface area (Å²) in [6, 6.07) is 5.36. The van der Waals surface area contributed by atoms with Crippen LogP contribution in [0, 0.1) is 12.7 Å². The Kier molecular flexibility index (Phi) is 10.4. The molecule has 0 bridgehead atoms. The van der Waals surface area contributed by atoms with Crippen LogP contribution in [0.3, 0.4) is 0 Å². The quantitative estimate of drug-likeness (QED) is 0.389. The van der Waals surface area contributed by atoms with Crippen LogP contribution in [0.15, 0.2) is 23.2 Å². The van der Waals surface area contributed by atoms with E-state index in [1.165, 1.54) is 13.0 Å². The summed E-state index contributed by atoms with van der Waals surface area (Å²) in [6.45, 7) is 10.2. The SMILES string of the molecule is CN=C(NCCN1CCCN(C)CC1)NC(C)c1ccc(C)c(F)c1.I. The lowest BCUT2D eigenvalue weighted by atomic mass is 10.1. The van der Waals surface area contributed by atoms with Crippen LogP contribution in [0.1, 0.15) is 30.5 Å². The lowest BCUT2D eigenvalue weighted by Gasteiger charge is -2.22. The van der Waals surface area contributed by atoms with E-state index < -0.39 is 0 Å². The molecule has 1 unspecified atom stereocenters. The van der Waals surface area contributed by atoms with Crippen LogP contribution in [0.5, 0.6) is 0 Å². The highest BCUT2D eigenvalue weighted by molar-refractivity contribution is 14.0. The molecular formula is C19H33FIN5. The molecule has 0 aromatic heterocycles. The highest BCUT2D eigenvalue weighted by Crippen LogP contribution is 2.16. The van der Waals surface area contributed by atoms with E-state index in [1.807, 2.05) is 19.1 Å². The average Bonchev–Trinajstić information content (AvgIpc) is 2.80. The summed E-state index contributed by atoms with van der Waals surface area (Å²) in [5.41, 5.74) is 1.59. The molecule has 0 spiro atoms. The lowest BCUT2D eigenvalue weighted by molar-refractivity contribution is 0.280. The number of guanidine groups is 1.